The predicted octanol–water partition coefficient (Wildman–Crippen LogP) is 3.01. The van der Waals surface area contributed by atoms with Crippen molar-refractivity contribution in [3.05, 3.63) is 0 Å². The fourth-order valence-electron chi connectivity index (χ4n) is 1.15. The summed E-state index contributed by atoms with van der Waals surface area (Å²) in [7, 11) is 0. The topological polar surface area (TPSA) is 47.6 Å². The maximum Gasteiger partial charge on any atom is 0.0656 e. The van der Waals surface area contributed by atoms with Gasteiger partial charge in [0.25, 0.3) is 0 Å². The molecule has 0 saturated heterocycles. The van der Waals surface area contributed by atoms with E-state index in [1.807, 2.05) is 0 Å². The molecule has 0 aromatic heterocycles. The lowest BCUT2D eigenvalue weighted by atomic mass is 9.98. The first-order valence-corrected chi connectivity index (χ1v) is 4.61. The third-order valence-corrected chi connectivity index (χ3v) is 1.94. The highest BCUT2D eigenvalue weighted by molar-refractivity contribution is 4.85. The van der Waals surface area contributed by atoms with E-state index in [0.29, 0.717) is 6.42 Å². The summed E-state index contributed by atoms with van der Waals surface area (Å²) in [6, 6.07) is 4.32. The molecule has 1 atom stereocenters. The third kappa shape index (κ3) is 5.74. The summed E-state index contributed by atoms with van der Waals surface area (Å²) in [4.78, 5) is 0. The Kier molecular flexibility index (Phi) is 7.39. The fourth-order valence-corrected chi connectivity index (χ4v) is 1.15. The van der Waals surface area contributed by atoms with Crippen LogP contribution in [0.5, 0.6) is 0 Å². The summed E-state index contributed by atoms with van der Waals surface area (Å²) < 4.78 is 0. The monoisotopic (exact) mass is 164 g/mol. The molecule has 0 N–H and O–H groups in total. The average Bonchev–Trinajstić information content (AvgIpc) is 2.11. The van der Waals surface area contributed by atoms with E-state index in [-0.39, 0.29) is 5.92 Å². The molecule has 0 amide bonds. The van der Waals surface area contributed by atoms with Crippen molar-refractivity contribution in [2.45, 2.75) is 45.4 Å². The van der Waals surface area contributed by atoms with Crippen LogP contribution in [0.15, 0.2) is 0 Å². The van der Waals surface area contributed by atoms with Gasteiger partial charge in [-0.3, -0.25) is 0 Å². The Labute approximate surface area is 74.8 Å². The molecule has 0 aliphatic heterocycles. The van der Waals surface area contributed by atoms with Gasteiger partial charge in [0.15, 0.2) is 0 Å². The number of nitriles is 2. The lowest BCUT2D eigenvalue weighted by Crippen LogP contribution is -1.96. The van der Waals surface area contributed by atoms with Gasteiger partial charge in [-0.25, -0.2) is 0 Å². The molecular formula is C10H16N2. The first-order valence-electron chi connectivity index (χ1n) is 4.61. The minimum absolute atomic E-state index is 0.108. The van der Waals surface area contributed by atoms with Crippen molar-refractivity contribution >= 4 is 0 Å². The van der Waals surface area contributed by atoms with Crippen LogP contribution in [0.25, 0.3) is 0 Å². The van der Waals surface area contributed by atoms with Gasteiger partial charge in [0.1, 0.15) is 0 Å². The molecule has 0 aliphatic rings. The molecule has 0 aromatic carbocycles. The van der Waals surface area contributed by atoms with Crippen LogP contribution in [-0.4, -0.2) is 0 Å². The quantitative estimate of drug-likeness (QED) is 0.566. The van der Waals surface area contributed by atoms with Crippen molar-refractivity contribution < 1.29 is 0 Å². The Morgan fingerprint density at radius 1 is 1.17 bits per heavy atom. The summed E-state index contributed by atoms with van der Waals surface area (Å²) in [5.74, 6) is 0.108. The third-order valence-electron chi connectivity index (χ3n) is 1.94. The number of hydrogen-bond donors (Lipinski definition) is 0. The Hall–Kier alpha value is -1.02. The van der Waals surface area contributed by atoms with Crippen LogP contribution in [0.3, 0.4) is 0 Å². The maximum atomic E-state index is 8.69. The molecule has 0 aromatic rings. The molecule has 0 rings (SSSR count). The van der Waals surface area contributed by atoms with Gasteiger partial charge in [0.2, 0.25) is 0 Å². The molecule has 2 nitrogen and oxygen atoms in total. The molecule has 0 aliphatic carbocycles. The van der Waals surface area contributed by atoms with E-state index < -0.39 is 0 Å². The van der Waals surface area contributed by atoms with Gasteiger partial charge in [0, 0.05) is 12.3 Å². The van der Waals surface area contributed by atoms with Crippen LogP contribution in [0.1, 0.15) is 45.4 Å². The Balaban J connectivity index is 3.43. The first kappa shape index (κ1) is 11.0. The zero-order chi connectivity index (χ0) is 9.23. The van der Waals surface area contributed by atoms with E-state index in [9.17, 15) is 0 Å². The van der Waals surface area contributed by atoms with Crippen LogP contribution in [-0.2, 0) is 0 Å². The Bertz CT molecular complexity index is 173. The smallest absolute Gasteiger partial charge is 0.0656 e. The minimum atomic E-state index is 0.108. The van der Waals surface area contributed by atoms with Crippen molar-refractivity contribution in [2.24, 2.45) is 5.92 Å². The summed E-state index contributed by atoms with van der Waals surface area (Å²) in [6.45, 7) is 2.15. The Morgan fingerprint density at radius 3 is 2.42 bits per heavy atom. The largest absolute Gasteiger partial charge is 0.198 e. The van der Waals surface area contributed by atoms with Crippen LogP contribution < -0.4 is 0 Å². The fraction of sp³-hybridized carbons (Fsp3) is 0.800. The number of unbranched alkanes of at least 4 members (excludes halogenated alkanes) is 2. The molecule has 2 heteroatoms. The van der Waals surface area contributed by atoms with Gasteiger partial charge in [-0.15, -0.1) is 0 Å². The van der Waals surface area contributed by atoms with Gasteiger partial charge in [-0.1, -0.05) is 26.2 Å². The molecule has 1 unspecified atom stereocenters. The predicted molar refractivity (Wildman–Crippen MR) is 48.1 cm³/mol. The lowest BCUT2D eigenvalue weighted by molar-refractivity contribution is 0.522. The number of rotatable bonds is 6. The highest BCUT2D eigenvalue weighted by Crippen LogP contribution is 2.14. The summed E-state index contributed by atoms with van der Waals surface area (Å²) in [5, 5.41) is 17.0. The van der Waals surface area contributed by atoms with Crippen molar-refractivity contribution in [3.8, 4) is 12.1 Å². The molecule has 0 spiro atoms. The van der Waals surface area contributed by atoms with Gasteiger partial charge >= 0.3 is 0 Å². The molecule has 0 saturated carbocycles. The molecular weight excluding hydrogens is 148 g/mol. The van der Waals surface area contributed by atoms with Gasteiger partial charge in [0.05, 0.1) is 12.1 Å². The molecule has 0 bridgehead atoms. The van der Waals surface area contributed by atoms with Crippen molar-refractivity contribution in [2.75, 3.05) is 0 Å². The minimum Gasteiger partial charge on any atom is -0.198 e. The second-order valence-corrected chi connectivity index (χ2v) is 3.02. The SMILES string of the molecule is CCCCCC(C#N)CCC#N. The van der Waals surface area contributed by atoms with Crippen LogP contribution >= 0.6 is 0 Å². The Morgan fingerprint density at radius 2 is 1.92 bits per heavy atom. The van der Waals surface area contributed by atoms with Gasteiger partial charge in [-0.05, 0) is 12.8 Å². The van der Waals surface area contributed by atoms with E-state index in [1.165, 1.54) is 12.8 Å². The summed E-state index contributed by atoms with van der Waals surface area (Å²) >= 11 is 0. The van der Waals surface area contributed by atoms with Gasteiger partial charge in [-0.2, -0.15) is 10.5 Å². The van der Waals surface area contributed by atoms with Crippen molar-refractivity contribution in [3.63, 3.8) is 0 Å². The van der Waals surface area contributed by atoms with E-state index in [1.54, 1.807) is 0 Å². The average molecular weight is 164 g/mol. The first-order chi connectivity index (χ1) is 5.85. The molecule has 12 heavy (non-hydrogen) atoms. The van der Waals surface area contributed by atoms with E-state index in [0.717, 1.165) is 19.3 Å². The van der Waals surface area contributed by atoms with Crippen LogP contribution in [0.2, 0.25) is 0 Å². The van der Waals surface area contributed by atoms with E-state index in [2.05, 4.69) is 19.1 Å². The standard InChI is InChI=1S/C10H16N2/c1-2-3-4-6-10(9-12)7-5-8-11/h10H,2-7H2,1H3. The number of hydrogen-bond acceptors (Lipinski definition) is 2. The van der Waals surface area contributed by atoms with Crippen LogP contribution in [0, 0.1) is 28.6 Å². The van der Waals surface area contributed by atoms with Crippen LogP contribution in [0.4, 0.5) is 0 Å². The highest BCUT2D eigenvalue weighted by Gasteiger charge is 2.05. The lowest BCUT2D eigenvalue weighted by Gasteiger charge is -2.04. The molecule has 0 radical (unpaired) electrons. The second-order valence-electron chi connectivity index (χ2n) is 3.02. The molecule has 66 valence electrons. The van der Waals surface area contributed by atoms with Gasteiger partial charge < -0.3 is 0 Å². The second kappa shape index (κ2) is 8.08. The molecule has 0 fully saturated rings. The number of nitrogens with zero attached hydrogens (tertiary/aromatic N) is 2. The normalized spacial score (nSPS) is 11.6. The maximum absolute atomic E-state index is 8.69. The van der Waals surface area contributed by atoms with Crippen molar-refractivity contribution in [1.82, 2.24) is 0 Å². The van der Waals surface area contributed by atoms with Crippen molar-refractivity contribution in [1.29, 1.82) is 10.5 Å². The van der Waals surface area contributed by atoms with E-state index in [4.69, 9.17) is 10.5 Å². The zero-order valence-corrected chi connectivity index (χ0v) is 7.71. The molecule has 0 heterocycles. The zero-order valence-electron chi connectivity index (χ0n) is 7.71. The highest BCUT2D eigenvalue weighted by atomic mass is 14.3. The van der Waals surface area contributed by atoms with E-state index >= 15 is 0 Å². The summed E-state index contributed by atoms with van der Waals surface area (Å²) in [5.41, 5.74) is 0. The summed E-state index contributed by atoms with van der Waals surface area (Å²) in [6.07, 6.45) is 5.74.